The molecular formula is C27H32N4O2S2. The van der Waals surface area contributed by atoms with Crippen molar-refractivity contribution in [3.63, 3.8) is 0 Å². The topological polar surface area (TPSA) is 69.8 Å². The summed E-state index contributed by atoms with van der Waals surface area (Å²) in [6.07, 6.45) is 4.77. The maximum absolute atomic E-state index is 12.8. The molecule has 2 aromatic heterocycles. The zero-order chi connectivity index (χ0) is 24.6. The van der Waals surface area contributed by atoms with Crippen molar-refractivity contribution in [1.82, 2.24) is 19.1 Å². The number of aryl methyl sites for hydroxylation is 2. The lowest BCUT2D eigenvalue weighted by Gasteiger charge is -2.07. The highest BCUT2D eigenvalue weighted by Gasteiger charge is 2.18. The summed E-state index contributed by atoms with van der Waals surface area (Å²) in [4.78, 5) is 34.8. The molecule has 0 saturated heterocycles. The van der Waals surface area contributed by atoms with Gasteiger partial charge in [-0.25, -0.2) is 9.97 Å². The van der Waals surface area contributed by atoms with Crippen molar-refractivity contribution in [3.05, 3.63) is 60.2 Å². The number of aromatic nitrogens is 4. The van der Waals surface area contributed by atoms with E-state index >= 15 is 0 Å². The Morgan fingerprint density at radius 2 is 1.11 bits per heavy atom. The summed E-state index contributed by atoms with van der Waals surface area (Å²) in [6.45, 7) is 5.80. The Labute approximate surface area is 214 Å². The Morgan fingerprint density at radius 3 is 1.54 bits per heavy atom. The lowest BCUT2D eigenvalue weighted by molar-refractivity contribution is 0.106. The smallest absolute Gasteiger partial charge is 0.254 e. The normalized spacial score (nSPS) is 11.5. The molecular weight excluding hydrogens is 476 g/mol. The average molecular weight is 509 g/mol. The van der Waals surface area contributed by atoms with Gasteiger partial charge in [0.05, 0.1) is 22.1 Å². The third-order valence-corrected chi connectivity index (χ3v) is 7.70. The maximum Gasteiger partial charge on any atom is 0.254 e. The number of imidazole rings is 2. The summed E-state index contributed by atoms with van der Waals surface area (Å²) in [6, 6.07) is 15.8. The minimum Gasteiger partial charge on any atom is -0.321 e. The standard InChI is InChI=1S/C27H32N4O2S2/c1-3-16-30-22-14-8-6-12-20(22)28-24(30)26(32)34-18-10-5-11-19-35-27(33)25-29-21-13-7-9-15-23(21)31(25)17-4-2/h6-9,12-15H,3-5,10-11,16-19H2,1-2H3. The van der Waals surface area contributed by atoms with Gasteiger partial charge in [0, 0.05) is 24.6 Å². The van der Waals surface area contributed by atoms with Crippen LogP contribution in [-0.2, 0) is 13.1 Å². The molecule has 184 valence electrons. The van der Waals surface area contributed by atoms with Crippen molar-refractivity contribution in [1.29, 1.82) is 0 Å². The third kappa shape index (κ3) is 5.98. The fourth-order valence-corrected chi connectivity index (χ4v) is 5.84. The molecule has 0 bridgehead atoms. The first-order chi connectivity index (χ1) is 17.1. The van der Waals surface area contributed by atoms with Gasteiger partial charge in [-0.1, -0.05) is 68.1 Å². The zero-order valence-corrected chi connectivity index (χ0v) is 22.0. The summed E-state index contributed by atoms with van der Waals surface area (Å²) in [5.74, 6) is 2.63. The molecule has 0 amide bonds. The monoisotopic (exact) mass is 508 g/mol. The van der Waals surface area contributed by atoms with E-state index in [9.17, 15) is 9.59 Å². The summed E-state index contributed by atoms with van der Waals surface area (Å²) in [7, 11) is 0. The second-order valence-corrected chi connectivity index (χ2v) is 10.6. The van der Waals surface area contributed by atoms with E-state index in [1.54, 1.807) is 0 Å². The molecule has 0 aliphatic rings. The number of para-hydroxylation sites is 4. The quantitative estimate of drug-likeness (QED) is 0.196. The number of nitrogens with zero attached hydrogens (tertiary/aromatic N) is 4. The molecule has 0 spiro atoms. The largest absolute Gasteiger partial charge is 0.321 e. The Balaban J connectivity index is 1.22. The van der Waals surface area contributed by atoms with Crippen LogP contribution in [0.15, 0.2) is 48.5 Å². The molecule has 0 N–H and O–H groups in total. The van der Waals surface area contributed by atoms with Gasteiger partial charge in [0.15, 0.2) is 11.6 Å². The molecule has 0 fully saturated rings. The summed E-state index contributed by atoms with van der Waals surface area (Å²) in [5, 5.41) is 0.0723. The van der Waals surface area contributed by atoms with Crippen LogP contribution in [0.25, 0.3) is 22.1 Å². The lowest BCUT2D eigenvalue weighted by atomic mass is 10.3. The summed E-state index contributed by atoms with van der Waals surface area (Å²) in [5.41, 5.74) is 3.79. The van der Waals surface area contributed by atoms with E-state index in [1.165, 1.54) is 23.5 Å². The van der Waals surface area contributed by atoms with Crippen molar-refractivity contribution in [2.75, 3.05) is 11.5 Å². The van der Waals surface area contributed by atoms with Crippen LogP contribution >= 0.6 is 23.5 Å². The van der Waals surface area contributed by atoms with Crippen molar-refractivity contribution in [2.45, 2.75) is 59.0 Å². The molecule has 0 unspecified atom stereocenters. The number of unbranched alkanes of at least 4 members (excludes halogenated alkanes) is 2. The van der Waals surface area contributed by atoms with Crippen molar-refractivity contribution >= 4 is 55.8 Å². The second kappa shape index (κ2) is 12.4. The molecule has 35 heavy (non-hydrogen) atoms. The predicted octanol–water partition coefficient (Wildman–Crippen LogP) is 6.82. The maximum atomic E-state index is 12.8. The van der Waals surface area contributed by atoms with E-state index < -0.39 is 0 Å². The van der Waals surface area contributed by atoms with E-state index in [0.717, 1.165) is 78.8 Å². The van der Waals surface area contributed by atoms with Gasteiger partial charge in [0.2, 0.25) is 0 Å². The molecule has 4 rings (SSSR count). The number of hydrogen-bond donors (Lipinski definition) is 0. The average Bonchev–Trinajstić information content (AvgIpc) is 3.43. The van der Waals surface area contributed by atoms with Crippen LogP contribution in [-0.4, -0.2) is 40.8 Å². The van der Waals surface area contributed by atoms with Crippen molar-refractivity contribution < 1.29 is 9.59 Å². The number of rotatable bonds is 12. The van der Waals surface area contributed by atoms with E-state index in [4.69, 9.17) is 0 Å². The van der Waals surface area contributed by atoms with Gasteiger partial charge in [-0.15, -0.1) is 0 Å². The molecule has 2 heterocycles. The van der Waals surface area contributed by atoms with Gasteiger partial charge < -0.3 is 9.13 Å². The van der Waals surface area contributed by atoms with Crippen LogP contribution in [0.1, 0.15) is 67.2 Å². The molecule has 8 heteroatoms. The number of hydrogen-bond acceptors (Lipinski definition) is 6. The summed E-state index contributed by atoms with van der Waals surface area (Å²) >= 11 is 2.69. The first kappa shape index (κ1) is 25.5. The fourth-order valence-electron chi connectivity index (χ4n) is 4.20. The Bertz CT molecular complexity index is 1210. The Kier molecular flexibility index (Phi) is 9.04. The minimum absolute atomic E-state index is 0.0361. The lowest BCUT2D eigenvalue weighted by Crippen LogP contribution is -2.09. The first-order valence-electron chi connectivity index (χ1n) is 12.4. The van der Waals surface area contributed by atoms with Crippen molar-refractivity contribution in [3.8, 4) is 0 Å². The van der Waals surface area contributed by atoms with Gasteiger partial charge in [-0.3, -0.25) is 9.59 Å². The number of carbonyl (C=O) groups excluding carboxylic acids is 2. The molecule has 0 atom stereocenters. The second-order valence-electron chi connectivity index (χ2n) is 8.48. The molecule has 4 aromatic rings. The molecule has 0 radical (unpaired) electrons. The number of thioether (sulfide) groups is 2. The van der Waals surface area contributed by atoms with Crippen LogP contribution in [0.5, 0.6) is 0 Å². The highest BCUT2D eigenvalue weighted by molar-refractivity contribution is 8.14. The highest BCUT2D eigenvalue weighted by Crippen LogP contribution is 2.23. The van der Waals surface area contributed by atoms with Crippen LogP contribution in [0, 0.1) is 0 Å². The first-order valence-corrected chi connectivity index (χ1v) is 14.4. The fraction of sp³-hybridized carbons (Fsp3) is 0.407. The molecule has 0 aliphatic carbocycles. The molecule has 2 aromatic carbocycles. The molecule has 0 aliphatic heterocycles. The van der Waals surface area contributed by atoms with Crippen molar-refractivity contribution in [2.24, 2.45) is 0 Å². The van der Waals surface area contributed by atoms with E-state index in [2.05, 4.69) is 23.8 Å². The van der Waals surface area contributed by atoms with E-state index in [-0.39, 0.29) is 10.2 Å². The van der Waals surface area contributed by atoms with Gasteiger partial charge in [0.25, 0.3) is 10.2 Å². The van der Waals surface area contributed by atoms with Crippen LogP contribution < -0.4 is 0 Å². The molecule has 6 nitrogen and oxygen atoms in total. The Morgan fingerprint density at radius 1 is 0.686 bits per heavy atom. The third-order valence-electron chi connectivity index (χ3n) is 5.82. The van der Waals surface area contributed by atoms with E-state index in [0.29, 0.717) is 11.6 Å². The minimum atomic E-state index is 0.0361. The number of benzene rings is 2. The number of fused-ring (bicyclic) bond motifs is 2. The number of carbonyl (C=O) groups is 2. The van der Waals surface area contributed by atoms with Gasteiger partial charge in [-0.2, -0.15) is 0 Å². The SMILES string of the molecule is CCCn1c(C(=O)SCCCCCSC(=O)c2nc3ccccc3n2CCC)nc2ccccc21. The zero-order valence-electron chi connectivity index (χ0n) is 20.4. The summed E-state index contributed by atoms with van der Waals surface area (Å²) < 4.78 is 4.08. The van der Waals surface area contributed by atoms with Gasteiger partial charge in [0.1, 0.15) is 0 Å². The highest BCUT2D eigenvalue weighted by atomic mass is 32.2. The Hall–Kier alpha value is -2.58. The molecule has 0 saturated carbocycles. The van der Waals surface area contributed by atoms with Crippen LogP contribution in [0.2, 0.25) is 0 Å². The van der Waals surface area contributed by atoms with Crippen LogP contribution in [0.4, 0.5) is 0 Å². The van der Waals surface area contributed by atoms with Gasteiger partial charge in [-0.05, 0) is 49.9 Å². The van der Waals surface area contributed by atoms with Gasteiger partial charge >= 0.3 is 0 Å². The van der Waals surface area contributed by atoms with E-state index in [1.807, 2.05) is 57.7 Å². The predicted molar refractivity (Wildman–Crippen MR) is 147 cm³/mol. The van der Waals surface area contributed by atoms with Crippen LogP contribution in [0.3, 0.4) is 0 Å².